The monoisotopic (exact) mass is 339 g/mol. The summed E-state index contributed by atoms with van der Waals surface area (Å²) in [7, 11) is 0. The van der Waals surface area contributed by atoms with Crippen LogP contribution in [-0.2, 0) is 0 Å². The highest BCUT2D eigenvalue weighted by atomic mass is 35.5. The molecule has 24 heavy (non-hydrogen) atoms. The molecule has 1 amide bonds. The number of carbonyl (C=O) groups is 1. The van der Waals surface area contributed by atoms with Crippen LogP contribution in [0, 0.1) is 6.92 Å². The van der Waals surface area contributed by atoms with Crippen molar-refractivity contribution in [2.75, 3.05) is 5.32 Å². The number of hydrogen-bond acceptors (Lipinski definition) is 4. The summed E-state index contributed by atoms with van der Waals surface area (Å²) >= 11 is 5.92. The second-order valence-corrected chi connectivity index (χ2v) is 5.53. The van der Waals surface area contributed by atoms with Crippen LogP contribution >= 0.6 is 11.6 Å². The van der Waals surface area contributed by atoms with Gasteiger partial charge in [0.2, 0.25) is 5.88 Å². The van der Waals surface area contributed by atoms with E-state index >= 15 is 0 Å². The van der Waals surface area contributed by atoms with Gasteiger partial charge < -0.3 is 10.1 Å². The van der Waals surface area contributed by atoms with E-state index < -0.39 is 0 Å². The van der Waals surface area contributed by atoms with Crippen LogP contribution in [0.3, 0.4) is 0 Å². The number of nitrogens with zero attached hydrogens (tertiary/aromatic N) is 2. The molecular formula is C18H14ClN3O2. The standard InChI is InChI=1S/C18H14ClN3O2/c1-12-9-14(19)4-6-16(12)24-17-7-5-15(11-21-17)22-18(23)13-3-2-8-20-10-13/h2-11H,1H3,(H,22,23). The van der Waals surface area contributed by atoms with Crippen LogP contribution < -0.4 is 10.1 Å². The molecule has 120 valence electrons. The molecular weight excluding hydrogens is 326 g/mol. The maximum atomic E-state index is 12.0. The van der Waals surface area contributed by atoms with E-state index in [4.69, 9.17) is 16.3 Å². The van der Waals surface area contributed by atoms with Crippen LogP contribution in [0.2, 0.25) is 5.02 Å². The molecule has 6 heteroatoms. The van der Waals surface area contributed by atoms with Crippen LogP contribution in [0.5, 0.6) is 11.6 Å². The van der Waals surface area contributed by atoms with Crippen molar-refractivity contribution in [1.82, 2.24) is 9.97 Å². The predicted octanol–water partition coefficient (Wildman–Crippen LogP) is 4.48. The molecule has 0 aliphatic rings. The lowest BCUT2D eigenvalue weighted by Crippen LogP contribution is -2.12. The number of amides is 1. The largest absolute Gasteiger partial charge is 0.439 e. The third kappa shape index (κ3) is 3.88. The Morgan fingerprint density at radius 2 is 2.04 bits per heavy atom. The zero-order valence-electron chi connectivity index (χ0n) is 12.9. The summed E-state index contributed by atoms with van der Waals surface area (Å²) in [6.45, 7) is 1.91. The van der Waals surface area contributed by atoms with E-state index in [-0.39, 0.29) is 5.91 Å². The van der Waals surface area contributed by atoms with Gasteiger partial charge in [-0.2, -0.15) is 0 Å². The Bertz CT molecular complexity index is 852. The minimum Gasteiger partial charge on any atom is -0.439 e. The smallest absolute Gasteiger partial charge is 0.257 e. The molecule has 0 radical (unpaired) electrons. The summed E-state index contributed by atoms with van der Waals surface area (Å²) in [6, 6.07) is 12.2. The Labute approximate surface area is 144 Å². The van der Waals surface area contributed by atoms with Crippen LogP contribution in [0.15, 0.2) is 61.1 Å². The van der Waals surface area contributed by atoms with Crippen molar-refractivity contribution in [2.24, 2.45) is 0 Å². The van der Waals surface area contributed by atoms with Gasteiger partial charge in [-0.1, -0.05) is 11.6 Å². The molecule has 0 atom stereocenters. The molecule has 2 aromatic heterocycles. The fourth-order valence-electron chi connectivity index (χ4n) is 2.05. The van der Waals surface area contributed by atoms with Crippen LogP contribution in [0.25, 0.3) is 0 Å². The average molecular weight is 340 g/mol. The van der Waals surface area contributed by atoms with E-state index in [1.165, 1.54) is 12.4 Å². The first-order chi connectivity index (χ1) is 11.6. The Hall–Kier alpha value is -2.92. The second-order valence-electron chi connectivity index (χ2n) is 5.09. The number of hydrogen-bond donors (Lipinski definition) is 1. The summed E-state index contributed by atoms with van der Waals surface area (Å²) in [5.74, 6) is 0.867. The molecule has 3 rings (SSSR count). The number of aromatic nitrogens is 2. The number of nitrogens with one attached hydrogen (secondary N) is 1. The highest BCUT2D eigenvalue weighted by Gasteiger charge is 2.07. The van der Waals surface area contributed by atoms with Crippen molar-refractivity contribution >= 4 is 23.2 Å². The third-order valence-electron chi connectivity index (χ3n) is 3.27. The van der Waals surface area contributed by atoms with Crippen molar-refractivity contribution in [1.29, 1.82) is 0 Å². The number of aryl methyl sites for hydroxylation is 1. The van der Waals surface area contributed by atoms with E-state index in [0.717, 1.165) is 5.56 Å². The lowest BCUT2D eigenvalue weighted by Gasteiger charge is -2.09. The average Bonchev–Trinajstić information content (AvgIpc) is 2.60. The van der Waals surface area contributed by atoms with Gasteiger partial charge in [0.05, 0.1) is 17.4 Å². The molecule has 1 N–H and O–H groups in total. The van der Waals surface area contributed by atoms with Gasteiger partial charge in [0.25, 0.3) is 5.91 Å². The molecule has 0 unspecified atom stereocenters. The number of anilines is 1. The number of halogens is 1. The SMILES string of the molecule is Cc1cc(Cl)ccc1Oc1ccc(NC(=O)c2cccnc2)cn1. The van der Waals surface area contributed by atoms with E-state index in [2.05, 4.69) is 15.3 Å². The zero-order valence-corrected chi connectivity index (χ0v) is 13.6. The van der Waals surface area contributed by atoms with Crippen LogP contribution in [0.1, 0.15) is 15.9 Å². The van der Waals surface area contributed by atoms with Crippen LogP contribution in [-0.4, -0.2) is 15.9 Å². The lowest BCUT2D eigenvalue weighted by atomic mass is 10.2. The zero-order chi connectivity index (χ0) is 16.9. The van der Waals surface area contributed by atoms with Gasteiger partial charge in [0.1, 0.15) is 5.75 Å². The number of rotatable bonds is 4. The van der Waals surface area contributed by atoms with E-state index in [1.54, 1.807) is 42.6 Å². The molecule has 2 heterocycles. The molecule has 3 aromatic rings. The summed E-state index contributed by atoms with van der Waals surface area (Å²) in [5, 5.41) is 3.41. The summed E-state index contributed by atoms with van der Waals surface area (Å²) in [6.07, 6.45) is 4.65. The molecule has 0 aliphatic heterocycles. The van der Waals surface area contributed by atoms with Crippen molar-refractivity contribution in [3.05, 3.63) is 77.2 Å². The van der Waals surface area contributed by atoms with E-state index in [9.17, 15) is 4.79 Å². The molecule has 0 spiro atoms. The van der Waals surface area contributed by atoms with Crippen molar-refractivity contribution in [3.8, 4) is 11.6 Å². The molecule has 0 saturated carbocycles. The van der Waals surface area contributed by atoms with Gasteiger partial charge in [0, 0.05) is 23.5 Å². The molecule has 0 aliphatic carbocycles. The maximum absolute atomic E-state index is 12.0. The number of ether oxygens (including phenoxy) is 1. The fraction of sp³-hybridized carbons (Fsp3) is 0.0556. The first-order valence-corrected chi connectivity index (χ1v) is 7.61. The van der Waals surface area contributed by atoms with Gasteiger partial charge in [0.15, 0.2) is 0 Å². The van der Waals surface area contributed by atoms with Gasteiger partial charge >= 0.3 is 0 Å². The highest BCUT2D eigenvalue weighted by molar-refractivity contribution is 6.30. The van der Waals surface area contributed by atoms with Gasteiger partial charge in [-0.25, -0.2) is 4.98 Å². The minimum atomic E-state index is -0.243. The van der Waals surface area contributed by atoms with Gasteiger partial charge in [-0.15, -0.1) is 0 Å². The lowest BCUT2D eigenvalue weighted by molar-refractivity contribution is 0.102. The molecule has 1 aromatic carbocycles. The Morgan fingerprint density at radius 3 is 2.71 bits per heavy atom. The molecule has 0 fully saturated rings. The summed E-state index contributed by atoms with van der Waals surface area (Å²) < 4.78 is 5.72. The molecule has 0 bridgehead atoms. The first-order valence-electron chi connectivity index (χ1n) is 7.23. The predicted molar refractivity (Wildman–Crippen MR) is 92.7 cm³/mol. The Kier molecular flexibility index (Phi) is 4.72. The number of benzene rings is 1. The van der Waals surface area contributed by atoms with Gasteiger partial charge in [-0.05, 0) is 48.9 Å². The molecule has 0 saturated heterocycles. The summed E-state index contributed by atoms with van der Waals surface area (Å²) in [4.78, 5) is 20.2. The normalized spacial score (nSPS) is 10.2. The number of pyridine rings is 2. The maximum Gasteiger partial charge on any atom is 0.257 e. The van der Waals surface area contributed by atoms with Crippen molar-refractivity contribution < 1.29 is 9.53 Å². The van der Waals surface area contributed by atoms with Crippen molar-refractivity contribution in [3.63, 3.8) is 0 Å². The van der Waals surface area contributed by atoms with Gasteiger partial charge in [-0.3, -0.25) is 9.78 Å². The van der Waals surface area contributed by atoms with Crippen LogP contribution in [0.4, 0.5) is 5.69 Å². The second kappa shape index (κ2) is 7.10. The fourth-order valence-corrected chi connectivity index (χ4v) is 2.28. The van der Waals surface area contributed by atoms with E-state index in [1.807, 2.05) is 13.0 Å². The summed E-state index contributed by atoms with van der Waals surface area (Å²) in [5.41, 5.74) is 1.97. The number of carbonyl (C=O) groups excluding carboxylic acids is 1. The first kappa shape index (κ1) is 16.0. The Balaban J connectivity index is 1.68. The van der Waals surface area contributed by atoms with E-state index in [0.29, 0.717) is 27.9 Å². The Morgan fingerprint density at radius 1 is 1.17 bits per heavy atom. The topological polar surface area (TPSA) is 64.1 Å². The van der Waals surface area contributed by atoms with Crippen molar-refractivity contribution in [2.45, 2.75) is 6.92 Å². The molecule has 5 nitrogen and oxygen atoms in total. The highest BCUT2D eigenvalue weighted by Crippen LogP contribution is 2.26. The quantitative estimate of drug-likeness (QED) is 0.761. The minimum absolute atomic E-state index is 0.243. The third-order valence-corrected chi connectivity index (χ3v) is 3.50.